The number of esters is 1. The molecular weight excluding hydrogens is 631 g/mol. The van der Waals surface area contributed by atoms with Crippen LogP contribution >= 0.6 is 0 Å². The Morgan fingerprint density at radius 1 is 1.14 bits per heavy atom. The lowest BCUT2D eigenvalue weighted by Gasteiger charge is -2.37. The zero-order valence-corrected chi connectivity index (χ0v) is 27.2. The van der Waals surface area contributed by atoms with Crippen LogP contribution in [0.25, 0.3) is 22.3 Å². The van der Waals surface area contributed by atoms with Crippen LogP contribution in [-0.2, 0) is 55.6 Å². The van der Waals surface area contributed by atoms with Crippen molar-refractivity contribution in [3.63, 3.8) is 0 Å². The number of halogens is 1. The maximum absolute atomic E-state index is 15.4. The van der Waals surface area contributed by atoms with E-state index in [2.05, 4.69) is 5.43 Å². The van der Waals surface area contributed by atoms with Crippen molar-refractivity contribution in [2.75, 3.05) is 6.61 Å². The number of rotatable bonds is 7. The van der Waals surface area contributed by atoms with Gasteiger partial charge in [0.1, 0.15) is 19.0 Å². The predicted octanol–water partition coefficient (Wildman–Crippen LogP) is 4.00. The number of nitrogens with zero attached hydrogens (tertiary/aromatic N) is 3. The van der Waals surface area contributed by atoms with E-state index < -0.39 is 34.9 Å². The number of pyridine rings is 2. The molecular formula is C37H35FN4O7. The van der Waals surface area contributed by atoms with E-state index in [-0.39, 0.29) is 55.7 Å². The normalized spacial score (nSPS) is 20.3. The SMILES string of the molecule is CC[C@@]1(O)C(=O)OCc2c1cc1n(c2=O)Cc2c-1nc1cc(F)c(C)c3c1c2[C@@H](N(NC(=O)C1CC1)C(=O)COCc1ccccc1)CC3. The summed E-state index contributed by atoms with van der Waals surface area (Å²) >= 11 is 0. The summed E-state index contributed by atoms with van der Waals surface area (Å²) in [7, 11) is 0. The number of aromatic nitrogens is 2. The Bertz CT molecular complexity index is 2140. The molecule has 11 nitrogen and oxygen atoms in total. The van der Waals surface area contributed by atoms with E-state index in [1.54, 1.807) is 19.9 Å². The molecule has 0 saturated heterocycles. The van der Waals surface area contributed by atoms with Crippen molar-refractivity contribution < 1.29 is 33.4 Å². The summed E-state index contributed by atoms with van der Waals surface area (Å²) in [5, 5.41) is 13.4. The zero-order chi connectivity index (χ0) is 34.2. The maximum Gasteiger partial charge on any atom is 0.343 e. The summed E-state index contributed by atoms with van der Waals surface area (Å²) < 4.78 is 28.0. The van der Waals surface area contributed by atoms with Gasteiger partial charge in [0, 0.05) is 28.5 Å². The van der Waals surface area contributed by atoms with Gasteiger partial charge >= 0.3 is 5.97 Å². The number of hydrogen-bond donors (Lipinski definition) is 2. The van der Waals surface area contributed by atoms with Gasteiger partial charge in [0.25, 0.3) is 11.5 Å². The minimum atomic E-state index is -2.01. The Balaban J connectivity index is 1.27. The summed E-state index contributed by atoms with van der Waals surface area (Å²) in [4.78, 5) is 58.9. The van der Waals surface area contributed by atoms with Crippen LogP contribution in [0.5, 0.6) is 0 Å². The first kappa shape index (κ1) is 31.3. The number of hydrogen-bond acceptors (Lipinski definition) is 8. The van der Waals surface area contributed by atoms with Crippen LogP contribution in [0.2, 0.25) is 0 Å². The zero-order valence-electron chi connectivity index (χ0n) is 27.2. The lowest BCUT2D eigenvalue weighted by Crippen LogP contribution is -2.51. The third-order valence-electron chi connectivity index (χ3n) is 10.4. The van der Waals surface area contributed by atoms with Gasteiger partial charge in [-0.2, -0.15) is 0 Å². The average Bonchev–Trinajstić information content (AvgIpc) is 3.90. The largest absolute Gasteiger partial charge is 0.458 e. The number of benzene rings is 2. The van der Waals surface area contributed by atoms with Crippen LogP contribution in [0.3, 0.4) is 0 Å². The van der Waals surface area contributed by atoms with Gasteiger partial charge in [0.2, 0.25) is 5.91 Å². The fourth-order valence-electron chi connectivity index (χ4n) is 7.56. The number of cyclic esters (lactones) is 1. The quantitative estimate of drug-likeness (QED) is 0.196. The molecule has 252 valence electrons. The van der Waals surface area contributed by atoms with Crippen LogP contribution in [0.4, 0.5) is 4.39 Å². The number of hydrazine groups is 1. The molecule has 4 heterocycles. The van der Waals surface area contributed by atoms with Crippen molar-refractivity contribution in [1.82, 2.24) is 20.0 Å². The van der Waals surface area contributed by atoms with Crippen LogP contribution in [0.1, 0.15) is 77.6 Å². The number of nitrogens with one attached hydrogen (secondary N) is 1. The Morgan fingerprint density at radius 2 is 1.92 bits per heavy atom. The van der Waals surface area contributed by atoms with Crippen molar-refractivity contribution in [3.05, 3.63) is 97.6 Å². The fraction of sp³-hybridized carbons (Fsp3) is 0.378. The Hall–Kier alpha value is -4.94. The molecule has 12 heteroatoms. The first-order valence-corrected chi connectivity index (χ1v) is 16.7. The molecule has 0 bridgehead atoms. The summed E-state index contributed by atoms with van der Waals surface area (Å²) in [5.74, 6) is -2.14. The highest BCUT2D eigenvalue weighted by atomic mass is 19.1. The lowest BCUT2D eigenvalue weighted by molar-refractivity contribution is -0.172. The molecule has 49 heavy (non-hydrogen) atoms. The molecule has 1 fully saturated rings. The highest BCUT2D eigenvalue weighted by Gasteiger charge is 2.46. The van der Waals surface area contributed by atoms with E-state index >= 15 is 4.39 Å². The van der Waals surface area contributed by atoms with Gasteiger partial charge in [-0.1, -0.05) is 37.3 Å². The van der Waals surface area contributed by atoms with E-state index in [4.69, 9.17) is 14.5 Å². The molecule has 0 spiro atoms. The van der Waals surface area contributed by atoms with Crippen LogP contribution < -0.4 is 11.0 Å². The maximum atomic E-state index is 15.4. The molecule has 2 aliphatic heterocycles. The van der Waals surface area contributed by atoms with Gasteiger partial charge in [-0.3, -0.25) is 19.8 Å². The molecule has 2 atom stereocenters. The monoisotopic (exact) mass is 666 g/mol. The van der Waals surface area contributed by atoms with E-state index in [0.29, 0.717) is 51.8 Å². The summed E-state index contributed by atoms with van der Waals surface area (Å²) in [6.45, 7) is 3.07. The Labute approximate surface area is 280 Å². The highest BCUT2D eigenvalue weighted by Crippen LogP contribution is 2.47. The number of amides is 2. The van der Waals surface area contributed by atoms with E-state index in [9.17, 15) is 24.3 Å². The third kappa shape index (κ3) is 4.95. The number of fused-ring (bicyclic) bond motifs is 5. The number of carbonyl (C=O) groups is 3. The summed E-state index contributed by atoms with van der Waals surface area (Å²) in [6.07, 6.45) is 2.26. The molecule has 2 aromatic heterocycles. The number of ether oxygens (including phenoxy) is 2. The van der Waals surface area contributed by atoms with Gasteiger partial charge in [-0.15, -0.1) is 0 Å². The topological polar surface area (TPSA) is 140 Å². The molecule has 0 unspecified atom stereocenters. The van der Waals surface area contributed by atoms with Gasteiger partial charge in [-0.25, -0.2) is 19.2 Å². The molecule has 2 aliphatic carbocycles. The minimum Gasteiger partial charge on any atom is -0.458 e. The molecule has 2 aromatic carbocycles. The summed E-state index contributed by atoms with van der Waals surface area (Å²) in [5.41, 5.74) is 5.40. The second-order valence-electron chi connectivity index (χ2n) is 13.4. The van der Waals surface area contributed by atoms with E-state index in [1.807, 2.05) is 30.3 Å². The van der Waals surface area contributed by atoms with Crippen molar-refractivity contribution in [3.8, 4) is 11.4 Å². The van der Waals surface area contributed by atoms with Crippen LogP contribution in [0, 0.1) is 18.7 Å². The first-order valence-electron chi connectivity index (χ1n) is 16.7. The van der Waals surface area contributed by atoms with Crippen molar-refractivity contribution in [1.29, 1.82) is 0 Å². The first-order chi connectivity index (χ1) is 23.6. The molecule has 4 aromatic rings. The second kappa shape index (κ2) is 11.6. The average molecular weight is 667 g/mol. The number of aryl methyl sites for hydroxylation is 1. The van der Waals surface area contributed by atoms with Gasteiger partial charge in [-0.05, 0) is 67.3 Å². The van der Waals surface area contributed by atoms with Crippen molar-refractivity contribution >= 4 is 28.7 Å². The van der Waals surface area contributed by atoms with Crippen LogP contribution in [-0.4, -0.2) is 44.1 Å². The Kier molecular flexibility index (Phi) is 7.41. The number of aliphatic hydroxyl groups is 1. The Morgan fingerprint density at radius 3 is 2.65 bits per heavy atom. The molecule has 4 aliphatic rings. The van der Waals surface area contributed by atoms with E-state index in [1.165, 1.54) is 15.6 Å². The van der Waals surface area contributed by atoms with Gasteiger partial charge < -0.3 is 19.1 Å². The third-order valence-corrected chi connectivity index (χ3v) is 10.4. The second-order valence-corrected chi connectivity index (χ2v) is 13.4. The molecule has 1 saturated carbocycles. The molecule has 2 N–H and O–H groups in total. The number of carbonyl (C=O) groups excluding carboxylic acids is 3. The molecule has 2 amide bonds. The predicted molar refractivity (Wildman–Crippen MR) is 174 cm³/mol. The molecule has 8 rings (SSSR count). The van der Waals surface area contributed by atoms with Crippen molar-refractivity contribution in [2.45, 2.75) is 77.4 Å². The lowest BCUT2D eigenvalue weighted by atomic mass is 9.81. The fourth-order valence-corrected chi connectivity index (χ4v) is 7.56. The standard InChI is InChI=1S/C37H35FN4O7/c1-3-37(47)25-13-29-33-23(15-41(29)35(45)24(25)17-49-36(37)46)32-28(12-11-22-19(2)26(38)14-27(39-33)31(22)32)42(40-34(44)21-9-10-21)30(43)18-48-16-20-7-5-4-6-8-20/h4-8,13-14,21,28,47H,3,9-12,15-18H2,1-2H3,(H,40,44)/t28-,37-/m0/s1. The van der Waals surface area contributed by atoms with Gasteiger partial charge in [0.05, 0.1) is 41.7 Å². The highest BCUT2D eigenvalue weighted by molar-refractivity contribution is 5.94. The van der Waals surface area contributed by atoms with E-state index in [0.717, 1.165) is 24.0 Å². The van der Waals surface area contributed by atoms with Crippen molar-refractivity contribution in [2.24, 2.45) is 5.92 Å². The van der Waals surface area contributed by atoms with Crippen LogP contribution in [0.15, 0.2) is 47.3 Å². The molecule has 0 radical (unpaired) electrons. The van der Waals surface area contributed by atoms with Gasteiger partial charge in [0.15, 0.2) is 5.60 Å². The minimum absolute atomic E-state index is 0.00892. The summed E-state index contributed by atoms with van der Waals surface area (Å²) in [6, 6.07) is 11.7. The smallest absolute Gasteiger partial charge is 0.343 e.